The molecular weight excluding hydrogens is 402 g/mol. The number of carbonyl (C=O) groups excluding carboxylic acids is 1. The number of hydrogen-bond donors (Lipinski definition) is 0. The number of hydrogen-bond acceptors (Lipinski definition) is 5. The molecule has 2 aliphatic heterocycles. The minimum atomic E-state index is -0.652. The smallest absolute Gasteiger partial charge is 0.338 e. The standard InChI is InChI=1S/C27H35NO4/c1-20-10-9-13-22(14-20)24(29)30-16-23-17-31-27(32-23)18-25(2,3)28(26(4,5)19-27)15-21-11-7-6-8-12-21/h6-14,23H,15-19H2,1-5H3. The highest BCUT2D eigenvalue weighted by molar-refractivity contribution is 5.89. The lowest BCUT2D eigenvalue weighted by atomic mass is 9.75. The second-order valence-electron chi connectivity index (χ2n) is 10.5. The Balaban J connectivity index is 1.40. The van der Waals surface area contributed by atoms with Crippen molar-refractivity contribution < 1.29 is 19.0 Å². The van der Waals surface area contributed by atoms with Gasteiger partial charge in [0, 0.05) is 30.5 Å². The SMILES string of the molecule is Cc1cccc(C(=O)OCC2COC3(CC(C)(C)N(Cc4ccccc4)C(C)(C)C3)O2)c1. The van der Waals surface area contributed by atoms with Gasteiger partial charge >= 0.3 is 5.97 Å². The predicted octanol–water partition coefficient (Wildman–Crippen LogP) is 5.12. The van der Waals surface area contributed by atoms with Crippen LogP contribution >= 0.6 is 0 Å². The average molecular weight is 438 g/mol. The molecule has 32 heavy (non-hydrogen) atoms. The first-order valence-electron chi connectivity index (χ1n) is 11.5. The molecule has 0 aromatic heterocycles. The molecule has 2 aliphatic rings. The van der Waals surface area contributed by atoms with Crippen molar-refractivity contribution in [3.05, 3.63) is 71.3 Å². The van der Waals surface area contributed by atoms with Gasteiger partial charge in [-0.05, 0) is 52.3 Å². The third-order valence-corrected chi connectivity index (χ3v) is 6.62. The van der Waals surface area contributed by atoms with Crippen molar-refractivity contribution in [3.63, 3.8) is 0 Å². The largest absolute Gasteiger partial charge is 0.459 e. The summed E-state index contributed by atoms with van der Waals surface area (Å²) in [7, 11) is 0. The number of aryl methyl sites for hydroxylation is 1. The maximum atomic E-state index is 12.4. The zero-order chi connectivity index (χ0) is 23.0. The van der Waals surface area contributed by atoms with Gasteiger partial charge in [0.1, 0.15) is 12.7 Å². The number of likely N-dealkylation sites (tertiary alicyclic amines) is 1. The van der Waals surface area contributed by atoms with Crippen molar-refractivity contribution in [2.24, 2.45) is 0 Å². The van der Waals surface area contributed by atoms with Gasteiger partial charge < -0.3 is 14.2 Å². The van der Waals surface area contributed by atoms with Crippen molar-refractivity contribution >= 4 is 5.97 Å². The Hall–Kier alpha value is -2.21. The molecular formula is C27H35NO4. The molecule has 1 spiro atoms. The fourth-order valence-electron chi connectivity index (χ4n) is 5.49. The molecule has 2 aromatic rings. The first-order valence-corrected chi connectivity index (χ1v) is 11.5. The van der Waals surface area contributed by atoms with Crippen LogP contribution in [-0.4, -0.2) is 47.1 Å². The van der Waals surface area contributed by atoms with E-state index in [4.69, 9.17) is 14.2 Å². The first-order chi connectivity index (χ1) is 15.1. The zero-order valence-corrected chi connectivity index (χ0v) is 19.9. The highest BCUT2D eigenvalue weighted by Gasteiger charge is 2.56. The lowest BCUT2D eigenvalue weighted by molar-refractivity contribution is -0.249. The first kappa shape index (κ1) is 23.0. The molecule has 0 aliphatic carbocycles. The van der Waals surface area contributed by atoms with E-state index in [-0.39, 0.29) is 29.8 Å². The van der Waals surface area contributed by atoms with E-state index < -0.39 is 5.79 Å². The van der Waals surface area contributed by atoms with Crippen LogP contribution in [0.5, 0.6) is 0 Å². The summed E-state index contributed by atoms with van der Waals surface area (Å²) in [5.41, 5.74) is 2.66. The summed E-state index contributed by atoms with van der Waals surface area (Å²) in [6.07, 6.45) is 1.27. The number of nitrogens with zero attached hydrogens (tertiary/aromatic N) is 1. The van der Waals surface area contributed by atoms with Gasteiger partial charge in [0.25, 0.3) is 0 Å². The van der Waals surface area contributed by atoms with Crippen LogP contribution in [0.3, 0.4) is 0 Å². The number of esters is 1. The molecule has 1 unspecified atom stereocenters. The van der Waals surface area contributed by atoms with Gasteiger partial charge in [0.15, 0.2) is 5.79 Å². The molecule has 172 valence electrons. The Morgan fingerprint density at radius 3 is 2.38 bits per heavy atom. The minimum Gasteiger partial charge on any atom is -0.459 e. The number of rotatable bonds is 5. The Kier molecular flexibility index (Phi) is 6.19. The van der Waals surface area contributed by atoms with E-state index in [0.29, 0.717) is 12.2 Å². The molecule has 4 rings (SSSR count). The Morgan fingerprint density at radius 2 is 1.72 bits per heavy atom. The number of benzene rings is 2. The summed E-state index contributed by atoms with van der Waals surface area (Å²) >= 11 is 0. The van der Waals surface area contributed by atoms with Crippen LogP contribution in [-0.2, 0) is 20.8 Å². The third kappa shape index (κ3) is 4.90. The highest BCUT2D eigenvalue weighted by atomic mass is 16.8. The van der Waals surface area contributed by atoms with E-state index in [1.807, 2.05) is 25.1 Å². The van der Waals surface area contributed by atoms with Gasteiger partial charge in [-0.15, -0.1) is 0 Å². The number of ether oxygens (including phenoxy) is 3. The van der Waals surface area contributed by atoms with Crippen LogP contribution in [0.1, 0.15) is 62.0 Å². The van der Waals surface area contributed by atoms with Crippen molar-refractivity contribution in [2.45, 2.75) is 77.0 Å². The number of carbonyl (C=O) groups is 1. The Morgan fingerprint density at radius 1 is 1.03 bits per heavy atom. The normalized spacial score (nSPS) is 23.8. The average Bonchev–Trinajstić information content (AvgIpc) is 3.10. The van der Waals surface area contributed by atoms with E-state index in [1.54, 1.807) is 6.07 Å². The molecule has 2 aromatic carbocycles. The van der Waals surface area contributed by atoms with Crippen molar-refractivity contribution in [2.75, 3.05) is 13.2 Å². The molecule has 0 saturated carbocycles. The highest BCUT2D eigenvalue weighted by Crippen LogP contribution is 2.48. The van der Waals surface area contributed by atoms with E-state index in [1.165, 1.54) is 5.56 Å². The summed E-state index contributed by atoms with van der Waals surface area (Å²) in [5.74, 6) is -0.975. The quantitative estimate of drug-likeness (QED) is 0.608. The van der Waals surface area contributed by atoms with Crippen LogP contribution in [0, 0.1) is 6.92 Å². The van der Waals surface area contributed by atoms with E-state index >= 15 is 0 Å². The summed E-state index contributed by atoms with van der Waals surface area (Å²) in [6.45, 7) is 12.5. The summed E-state index contributed by atoms with van der Waals surface area (Å²) in [5, 5.41) is 0. The summed E-state index contributed by atoms with van der Waals surface area (Å²) in [6, 6.07) is 18.0. The van der Waals surface area contributed by atoms with Gasteiger partial charge in [0.05, 0.1) is 12.2 Å². The Labute approximate surface area is 191 Å². The summed E-state index contributed by atoms with van der Waals surface area (Å²) < 4.78 is 18.3. The molecule has 0 N–H and O–H groups in total. The van der Waals surface area contributed by atoms with Gasteiger partial charge in [-0.1, -0.05) is 48.0 Å². The monoisotopic (exact) mass is 437 g/mol. The summed E-state index contributed by atoms with van der Waals surface area (Å²) in [4.78, 5) is 15.0. The van der Waals surface area contributed by atoms with Crippen molar-refractivity contribution in [1.82, 2.24) is 4.90 Å². The lowest BCUT2D eigenvalue weighted by Gasteiger charge is -2.57. The second-order valence-corrected chi connectivity index (χ2v) is 10.5. The molecule has 0 amide bonds. The molecule has 5 heteroatoms. The van der Waals surface area contributed by atoms with Crippen molar-refractivity contribution in [3.8, 4) is 0 Å². The topological polar surface area (TPSA) is 48.0 Å². The molecule has 2 saturated heterocycles. The second kappa shape index (κ2) is 8.62. The van der Waals surface area contributed by atoms with Crippen LogP contribution in [0.4, 0.5) is 0 Å². The predicted molar refractivity (Wildman–Crippen MR) is 124 cm³/mol. The molecule has 0 radical (unpaired) electrons. The Bertz CT molecular complexity index is 935. The molecule has 2 fully saturated rings. The maximum Gasteiger partial charge on any atom is 0.338 e. The molecule has 0 bridgehead atoms. The van der Waals surface area contributed by atoms with Crippen LogP contribution < -0.4 is 0 Å². The van der Waals surface area contributed by atoms with Crippen molar-refractivity contribution in [1.29, 1.82) is 0 Å². The van der Waals surface area contributed by atoms with Gasteiger partial charge in [-0.2, -0.15) is 0 Å². The zero-order valence-electron chi connectivity index (χ0n) is 19.9. The molecule has 1 atom stereocenters. The van der Waals surface area contributed by atoms with E-state index in [2.05, 4.69) is 62.9 Å². The fraction of sp³-hybridized carbons (Fsp3) is 0.519. The van der Waals surface area contributed by atoms with Crippen LogP contribution in [0.15, 0.2) is 54.6 Å². The van der Waals surface area contributed by atoms with Gasteiger partial charge in [-0.25, -0.2) is 4.79 Å². The fourth-order valence-corrected chi connectivity index (χ4v) is 5.49. The van der Waals surface area contributed by atoms with Crippen LogP contribution in [0.25, 0.3) is 0 Å². The number of piperidine rings is 1. The van der Waals surface area contributed by atoms with E-state index in [0.717, 1.165) is 24.9 Å². The lowest BCUT2D eigenvalue weighted by Crippen LogP contribution is -2.65. The minimum absolute atomic E-state index is 0.120. The van der Waals surface area contributed by atoms with Gasteiger partial charge in [0.2, 0.25) is 0 Å². The maximum absolute atomic E-state index is 12.4. The van der Waals surface area contributed by atoms with Gasteiger partial charge in [-0.3, -0.25) is 4.90 Å². The third-order valence-electron chi connectivity index (χ3n) is 6.62. The molecule has 2 heterocycles. The van der Waals surface area contributed by atoms with Crippen LogP contribution in [0.2, 0.25) is 0 Å². The molecule has 5 nitrogen and oxygen atoms in total. The van der Waals surface area contributed by atoms with E-state index in [9.17, 15) is 4.79 Å².